The first kappa shape index (κ1) is 12.7. The van der Waals surface area contributed by atoms with E-state index in [2.05, 4.69) is 12.2 Å². The van der Waals surface area contributed by atoms with E-state index in [1.165, 1.54) is 12.8 Å². The fourth-order valence-electron chi connectivity index (χ4n) is 2.60. The molecule has 2 aliphatic rings. The first-order valence-corrected chi connectivity index (χ1v) is 6.80. The Bertz CT molecular complexity index is 275. The van der Waals surface area contributed by atoms with Crippen LogP contribution in [0.3, 0.4) is 0 Å². The highest BCUT2D eigenvalue weighted by molar-refractivity contribution is 5.75. The molecule has 0 aromatic carbocycles. The van der Waals surface area contributed by atoms with E-state index >= 15 is 0 Å². The molecular weight excluding hydrogens is 216 g/mol. The summed E-state index contributed by atoms with van der Waals surface area (Å²) in [4.78, 5) is 14.2. The summed E-state index contributed by atoms with van der Waals surface area (Å²) in [6.07, 6.45) is 5.79. The van der Waals surface area contributed by atoms with E-state index in [1.807, 2.05) is 11.8 Å². The first-order chi connectivity index (χ1) is 8.12. The molecular formula is C13H24N2O2. The molecule has 0 saturated carbocycles. The minimum absolute atomic E-state index is 0.0896. The number of nitrogens with zero attached hydrogens (tertiary/aromatic N) is 1. The number of hydrogen-bond acceptors (Lipinski definition) is 2. The van der Waals surface area contributed by atoms with Crippen molar-refractivity contribution in [1.29, 1.82) is 0 Å². The normalized spacial score (nSPS) is 34.5. The average Bonchev–Trinajstić information content (AvgIpc) is 2.55. The minimum Gasteiger partial charge on any atom is -0.376 e. The monoisotopic (exact) mass is 240 g/mol. The van der Waals surface area contributed by atoms with Gasteiger partial charge in [-0.15, -0.1) is 0 Å². The Labute approximate surface area is 104 Å². The lowest BCUT2D eigenvalue weighted by Gasteiger charge is -2.32. The van der Waals surface area contributed by atoms with Crippen molar-refractivity contribution in [2.24, 2.45) is 0 Å². The summed E-state index contributed by atoms with van der Waals surface area (Å²) in [5.74, 6) is 0. The van der Waals surface area contributed by atoms with E-state index in [0.717, 1.165) is 39.0 Å². The van der Waals surface area contributed by atoms with Gasteiger partial charge in [-0.05, 0) is 33.1 Å². The molecule has 2 heterocycles. The van der Waals surface area contributed by atoms with Crippen LogP contribution in [0.15, 0.2) is 0 Å². The molecule has 2 aliphatic heterocycles. The summed E-state index contributed by atoms with van der Waals surface area (Å²) in [7, 11) is 0. The Hall–Kier alpha value is -0.770. The van der Waals surface area contributed by atoms with Crippen molar-refractivity contribution >= 4 is 6.03 Å². The topological polar surface area (TPSA) is 41.6 Å². The summed E-state index contributed by atoms with van der Waals surface area (Å²) < 4.78 is 5.55. The molecule has 2 saturated heterocycles. The predicted molar refractivity (Wildman–Crippen MR) is 67.0 cm³/mol. The Morgan fingerprint density at radius 1 is 1.29 bits per heavy atom. The molecule has 1 N–H and O–H groups in total. The van der Waals surface area contributed by atoms with E-state index in [-0.39, 0.29) is 17.7 Å². The van der Waals surface area contributed by atoms with Crippen molar-refractivity contribution in [3.05, 3.63) is 0 Å². The van der Waals surface area contributed by atoms with Crippen molar-refractivity contribution in [2.75, 3.05) is 19.7 Å². The minimum atomic E-state index is -0.191. The predicted octanol–water partition coefficient (Wildman–Crippen LogP) is 2.14. The number of urea groups is 1. The third-order valence-corrected chi connectivity index (χ3v) is 4.17. The van der Waals surface area contributed by atoms with E-state index in [1.54, 1.807) is 0 Å². The van der Waals surface area contributed by atoms with E-state index in [4.69, 9.17) is 4.74 Å². The fraction of sp³-hybridized carbons (Fsp3) is 0.923. The summed E-state index contributed by atoms with van der Waals surface area (Å²) in [5.41, 5.74) is -0.191. The van der Waals surface area contributed by atoms with Crippen molar-refractivity contribution in [2.45, 2.75) is 57.6 Å². The van der Waals surface area contributed by atoms with Crippen molar-refractivity contribution < 1.29 is 9.53 Å². The fourth-order valence-corrected chi connectivity index (χ4v) is 2.60. The summed E-state index contributed by atoms with van der Waals surface area (Å²) >= 11 is 0. The molecule has 4 nitrogen and oxygen atoms in total. The number of carbonyl (C=O) groups is 1. The van der Waals surface area contributed by atoms with Gasteiger partial charge >= 0.3 is 6.03 Å². The smallest absolute Gasteiger partial charge is 0.317 e. The van der Waals surface area contributed by atoms with Crippen LogP contribution in [-0.2, 0) is 4.74 Å². The van der Waals surface area contributed by atoms with Gasteiger partial charge < -0.3 is 15.0 Å². The lowest BCUT2D eigenvalue weighted by Crippen LogP contribution is -2.55. The van der Waals surface area contributed by atoms with Gasteiger partial charge in [0, 0.05) is 19.7 Å². The van der Waals surface area contributed by atoms with Crippen LogP contribution in [-0.4, -0.2) is 42.3 Å². The van der Waals surface area contributed by atoms with Crippen LogP contribution < -0.4 is 5.32 Å². The average molecular weight is 240 g/mol. The van der Waals surface area contributed by atoms with Gasteiger partial charge in [0.2, 0.25) is 0 Å². The van der Waals surface area contributed by atoms with Crippen LogP contribution in [0.1, 0.15) is 46.0 Å². The summed E-state index contributed by atoms with van der Waals surface area (Å²) in [6, 6.07) is 0.0896. The number of carbonyl (C=O) groups excluding carboxylic acids is 1. The first-order valence-electron chi connectivity index (χ1n) is 6.80. The Balaban J connectivity index is 1.91. The number of rotatable bonds is 1. The molecule has 2 rings (SSSR count). The maximum atomic E-state index is 12.2. The van der Waals surface area contributed by atoms with Gasteiger partial charge in [-0.3, -0.25) is 0 Å². The molecule has 98 valence electrons. The van der Waals surface area contributed by atoms with Crippen molar-refractivity contribution in [3.8, 4) is 0 Å². The second-order valence-electron chi connectivity index (χ2n) is 5.51. The van der Waals surface area contributed by atoms with Gasteiger partial charge in [-0.2, -0.15) is 0 Å². The van der Waals surface area contributed by atoms with Gasteiger partial charge in [0.05, 0.1) is 11.6 Å². The molecule has 0 aliphatic carbocycles. The van der Waals surface area contributed by atoms with E-state index < -0.39 is 0 Å². The number of likely N-dealkylation sites (tertiary alicyclic amines) is 1. The van der Waals surface area contributed by atoms with Gasteiger partial charge in [0.25, 0.3) is 0 Å². The number of hydrogen-bond donors (Lipinski definition) is 1. The molecule has 4 heteroatoms. The lowest BCUT2D eigenvalue weighted by atomic mass is 9.95. The second kappa shape index (κ2) is 5.25. The van der Waals surface area contributed by atoms with Crippen LogP contribution in [0.5, 0.6) is 0 Å². The van der Waals surface area contributed by atoms with E-state index in [0.29, 0.717) is 0 Å². The van der Waals surface area contributed by atoms with Crippen LogP contribution in [0, 0.1) is 0 Å². The Morgan fingerprint density at radius 2 is 1.94 bits per heavy atom. The number of amides is 2. The van der Waals surface area contributed by atoms with Crippen LogP contribution >= 0.6 is 0 Å². The molecule has 0 spiro atoms. The third kappa shape index (κ3) is 2.92. The summed E-state index contributed by atoms with van der Waals surface area (Å²) in [5, 5.41) is 3.16. The molecule has 0 aromatic rings. The molecule has 0 radical (unpaired) electrons. The standard InChI is InChI=1S/C13H24N2O2/c1-11-13(2,7-10-17-11)14-12(16)15-8-5-3-4-6-9-15/h11H,3-10H2,1-2H3,(H,14,16). The van der Waals surface area contributed by atoms with Gasteiger partial charge in [0.15, 0.2) is 0 Å². The molecule has 2 amide bonds. The number of nitrogens with one attached hydrogen (secondary N) is 1. The van der Waals surface area contributed by atoms with Crippen LogP contribution in [0.4, 0.5) is 4.79 Å². The molecule has 2 unspecified atom stereocenters. The number of ether oxygens (including phenoxy) is 1. The molecule has 0 bridgehead atoms. The highest BCUT2D eigenvalue weighted by Crippen LogP contribution is 2.25. The largest absolute Gasteiger partial charge is 0.376 e. The van der Waals surface area contributed by atoms with Crippen molar-refractivity contribution in [1.82, 2.24) is 10.2 Å². The zero-order chi connectivity index (χ0) is 12.3. The molecule has 17 heavy (non-hydrogen) atoms. The van der Waals surface area contributed by atoms with E-state index in [9.17, 15) is 4.79 Å². The lowest BCUT2D eigenvalue weighted by molar-refractivity contribution is 0.0881. The second-order valence-corrected chi connectivity index (χ2v) is 5.51. The Morgan fingerprint density at radius 3 is 2.47 bits per heavy atom. The van der Waals surface area contributed by atoms with Gasteiger partial charge in [-0.25, -0.2) is 4.79 Å². The highest BCUT2D eigenvalue weighted by atomic mass is 16.5. The van der Waals surface area contributed by atoms with Crippen molar-refractivity contribution in [3.63, 3.8) is 0 Å². The highest BCUT2D eigenvalue weighted by Gasteiger charge is 2.39. The quantitative estimate of drug-likeness (QED) is 0.763. The maximum absolute atomic E-state index is 12.2. The maximum Gasteiger partial charge on any atom is 0.317 e. The summed E-state index contributed by atoms with van der Waals surface area (Å²) in [6.45, 7) is 6.67. The molecule has 0 aromatic heterocycles. The van der Waals surface area contributed by atoms with Crippen LogP contribution in [0.25, 0.3) is 0 Å². The van der Waals surface area contributed by atoms with Crippen LogP contribution in [0.2, 0.25) is 0 Å². The van der Waals surface area contributed by atoms with Gasteiger partial charge in [-0.1, -0.05) is 12.8 Å². The Kier molecular flexibility index (Phi) is 3.92. The zero-order valence-electron chi connectivity index (χ0n) is 11.0. The zero-order valence-corrected chi connectivity index (χ0v) is 11.0. The molecule has 2 fully saturated rings. The molecule has 2 atom stereocenters. The SMILES string of the molecule is CC1OCCC1(C)NC(=O)N1CCCCCC1. The third-order valence-electron chi connectivity index (χ3n) is 4.17. The van der Waals surface area contributed by atoms with Gasteiger partial charge in [0.1, 0.15) is 0 Å².